The lowest BCUT2D eigenvalue weighted by atomic mass is 9.91. The van der Waals surface area contributed by atoms with Crippen molar-refractivity contribution in [3.63, 3.8) is 0 Å². The summed E-state index contributed by atoms with van der Waals surface area (Å²) in [5.74, 6) is 2.15. The quantitative estimate of drug-likeness (QED) is 0.926. The second-order valence-corrected chi connectivity index (χ2v) is 7.80. The molecule has 0 bridgehead atoms. The zero-order chi connectivity index (χ0) is 13.2. The lowest BCUT2D eigenvalue weighted by molar-refractivity contribution is 0.0753. The van der Waals surface area contributed by atoms with Gasteiger partial charge in [0.1, 0.15) is 11.1 Å². The summed E-state index contributed by atoms with van der Waals surface area (Å²) < 4.78 is 5.83. The molecular formula is C13H22N2OS2. The molecule has 1 fully saturated rings. The number of nitrogens with zero attached hydrogens (tertiary/aromatic N) is 1. The SMILES string of the molecule is CNCc1sc(C2CSCCO2)nc1C(C)(C)C. The fourth-order valence-electron chi connectivity index (χ4n) is 2.00. The van der Waals surface area contributed by atoms with Crippen molar-refractivity contribution in [2.75, 3.05) is 25.2 Å². The van der Waals surface area contributed by atoms with E-state index in [0.717, 1.165) is 29.7 Å². The van der Waals surface area contributed by atoms with Crippen LogP contribution in [0.15, 0.2) is 0 Å². The molecule has 1 N–H and O–H groups in total. The Kier molecular flexibility index (Phi) is 4.69. The highest BCUT2D eigenvalue weighted by molar-refractivity contribution is 7.99. The van der Waals surface area contributed by atoms with Crippen LogP contribution in [0, 0.1) is 0 Å². The summed E-state index contributed by atoms with van der Waals surface area (Å²) in [7, 11) is 1.98. The number of rotatable bonds is 3. The summed E-state index contributed by atoms with van der Waals surface area (Å²) in [6.07, 6.45) is 0.195. The lowest BCUT2D eigenvalue weighted by Gasteiger charge is -2.20. The van der Waals surface area contributed by atoms with Crippen LogP contribution in [-0.4, -0.2) is 30.1 Å². The molecule has 5 heteroatoms. The fraction of sp³-hybridized carbons (Fsp3) is 0.769. The molecule has 1 aliphatic rings. The minimum absolute atomic E-state index is 0.0999. The lowest BCUT2D eigenvalue weighted by Crippen LogP contribution is -2.18. The highest BCUT2D eigenvalue weighted by Gasteiger charge is 2.27. The number of thiazole rings is 1. The Balaban J connectivity index is 2.26. The Hall–Kier alpha value is -0.100. The van der Waals surface area contributed by atoms with Crippen molar-refractivity contribution in [2.45, 2.75) is 38.8 Å². The van der Waals surface area contributed by atoms with Crippen LogP contribution in [0.3, 0.4) is 0 Å². The average Bonchev–Trinajstić information content (AvgIpc) is 2.75. The van der Waals surface area contributed by atoms with E-state index in [9.17, 15) is 0 Å². The zero-order valence-corrected chi connectivity index (χ0v) is 13.2. The molecule has 0 saturated carbocycles. The van der Waals surface area contributed by atoms with Crippen molar-refractivity contribution in [1.82, 2.24) is 10.3 Å². The van der Waals surface area contributed by atoms with E-state index in [2.05, 4.69) is 26.1 Å². The van der Waals surface area contributed by atoms with Crippen molar-refractivity contribution in [1.29, 1.82) is 0 Å². The zero-order valence-electron chi connectivity index (χ0n) is 11.6. The summed E-state index contributed by atoms with van der Waals surface area (Å²) in [5, 5.41) is 4.39. The van der Waals surface area contributed by atoms with Crippen LogP contribution in [0.25, 0.3) is 0 Å². The largest absolute Gasteiger partial charge is 0.369 e. The van der Waals surface area contributed by atoms with Gasteiger partial charge in [0.25, 0.3) is 0 Å². The molecule has 1 saturated heterocycles. The van der Waals surface area contributed by atoms with Crippen molar-refractivity contribution in [3.05, 3.63) is 15.6 Å². The van der Waals surface area contributed by atoms with Crippen molar-refractivity contribution in [3.8, 4) is 0 Å². The minimum Gasteiger partial charge on any atom is -0.369 e. The van der Waals surface area contributed by atoms with Crippen LogP contribution >= 0.6 is 23.1 Å². The Labute approximate surface area is 118 Å². The standard InChI is InChI=1S/C13H22N2OS2/c1-13(2,3)11-10(7-14-4)18-12(15-11)9-8-17-6-5-16-9/h9,14H,5-8H2,1-4H3. The van der Waals surface area contributed by atoms with Crippen LogP contribution in [-0.2, 0) is 16.7 Å². The first-order valence-electron chi connectivity index (χ1n) is 6.36. The molecule has 2 heterocycles. The molecule has 0 aromatic carbocycles. The van der Waals surface area contributed by atoms with Gasteiger partial charge >= 0.3 is 0 Å². The molecule has 2 rings (SSSR count). The second-order valence-electron chi connectivity index (χ2n) is 5.54. The monoisotopic (exact) mass is 286 g/mol. The van der Waals surface area contributed by atoms with Crippen LogP contribution < -0.4 is 5.32 Å². The van der Waals surface area contributed by atoms with Gasteiger partial charge in [0.2, 0.25) is 0 Å². The predicted octanol–water partition coefficient (Wildman–Crippen LogP) is 2.96. The molecule has 0 spiro atoms. The Morgan fingerprint density at radius 2 is 2.22 bits per heavy atom. The van der Waals surface area contributed by atoms with Crippen molar-refractivity contribution < 1.29 is 4.74 Å². The summed E-state index contributed by atoms with van der Waals surface area (Å²) >= 11 is 3.77. The maximum Gasteiger partial charge on any atom is 0.123 e. The van der Waals surface area contributed by atoms with Gasteiger partial charge in [0.15, 0.2) is 0 Å². The predicted molar refractivity (Wildman–Crippen MR) is 79.6 cm³/mol. The van der Waals surface area contributed by atoms with E-state index in [0.29, 0.717) is 0 Å². The van der Waals surface area contributed by atoms with Gasteiger partial charge in [0.05, 0.1) is 12.3 Å². The first kappa shape index (κ1) is 14.3. The third-order valence-electron chi connectivity index (χ3n) is 2.85. The van der Waals surface area contributed by atoms with Gasteiger partial charge in [-0.25, -0.2) is 4.98 Å². The smallest absolute Gasteiger partial charge is 0.123 e. The minimum atomic E-state index is 0.0999. The van der Waals surface area contributed by atoms with E-state index < -0.39 is 0 Å². The highest BCUT2D eigenvalue weighted by atomic mass is 32.2. The number of nitrogens with one attached hydrogen (secondary N) is 1. The Morgan fingerprint density at radius 1 is 1.44 bits per heavy atom. The maximum absolute atomic E-state index is 5.83. The first-order chi connectivity index (χ1) is 8.52. The Morgan fingerprint density at radius 3 is 2.78 bits per heavy atom. The molecule has 102 valence electrons. The second kappa shape index (κ2) is 5.90. The molecule has 1 aliphatic heterocycles. The molecule has 1 unspecified atom stereocenters. The van der Waals surface area contributed by atoms with E-state index in [4.69, 9.17) is 9.72 Å². The number of ether oxygens (including phenoxy) is 1. The molecule has 1 aromatic heterocycles. The van der Waals surface area contributed by atoms with Gasteiger partial charge in [-0.3, -0.25) is 0 Å². The van der Waals surface area contributed by atoms with Gasteiger partial charge in [0, 0.05) is 28.3 Å². The Bertz CT molecular complexity index is 392. The normalized spacial score (nSPS) is 21.2. The van der Waals surface area contributed by atoms with Gasteiger partial charge in [-0.05, 0) is 7.05 Å². The van der Waals surface area contributed by atoms with E-state index in [1.54, 1.807) is 11.3 Å². The summed E-state index contributed by atoms with van der Waals surface area (Å²) in [5.41, 5.74) is 1.32. The van der Waals surface area contributed by atoms with Crippen LogP contribution in [0.2, 0.25) is 0 Å². The van der Waals surface area contributed by atoms with Crippen molar-refractivity contribution >= 4 is 23.1 Å². The molecule has 1 aromatic rings. The molecule has 0 radical (unpaired) electrons. The van der Waals surface area contributed by atoms with E-state index >= 15 is 0 Å². The third kappa shape index (κ3) is 3.26. The number of aromatic nitrogens is 1. The summed E-state index contributed by atoms with van der Waals surface area (Å²) in [6, 6.07) is 0. The first-order valence-corrected chi connectivity index (χ1v) is 8.33. The molecule has 1 atom stereocenters. The fourth-order valence-corrected chi connectivity index (χ4v) is 4.30. The molecule has 0 aliphatic carbocycles. The van der Waals surface area contributed by atoms with E-state index in [-0.39, 0.29) is 11.5 Å². The highest BCUT2D eigenvalue weighted by Crippen LogP contribution is 2.35. The molecular weight excluding hydrogens is 264 g/mol. The van der Waals surface area contributed by atoms with Gasteiger partial charge in [-0.2, -0.15) is 11.8 Å². The number of hydrogen-bond acceptors (Lipinski definition) is 5. The molecule has 3 nitrogen and oxygen atoms in total. The third-order valence-corrected chi connectivity index (χ3v) is 4.99. The molecule has 18 heavy (non-hydrogen) atoms. The van der Waals surface area contributed by atoms with Gasteiger partial charge in [-0.15, -0.1) is 11.3 Å². The average molecular weight is 286 g/mol. The van der Waals surface area contributed by atoms with Crippen LogP contribution in [0.4, 0.5) is 0 Å². The van der Waals surface area contributed by atoms with E-state index in [1.165, 1.54) is 10.6 Å². The van der Waals surface area contributed by atoms with Gasteiger partial charge in [-0.1, -0.05) is 20.8 Å². The summed E-state index contributed by atoms with van der Waals surface area (Å²) in [4.78, 5) is 6.21. The van der Waals surface area contributed by atoms with Crippen LogP contribution in [0.5, 0.6) is 0 Å². The number of hydrogen-bond donors (Lipinski definition) is 1. The van der Waals surface area contributed by atoms with Gasteiger partial charge < -0.3 is 10.1 Å². The van der Waals surface area contributed by atoms with Crippen molar-refractivity contribution in [2.24, 2.45) is 0 Å². The number of thioether (sulfide) groups is 1. The van der Waals surface area contributed by atoms with E-state index in [1.807, 2.05) is 18.8 Å². The van der Waals surface area contributed by atoms with Crippen LogP contribution in [0.1, 0.15) is 42.5 Å². The topological polar surface area (TPSA) is 34.1 Å². The summed E-state index contributed by atoms with van der Waals surface area (Å²) in [6.45, 7) is 8.41. The molecule has 0 amide bonds. The maximum atomic E-state index is 5.83.